The second-order valence-electron chi connectivity index (χ2n) is 9.23. The van der Waals surface area contributed by atoms with Gasteiger partial charge in [0, 0.05) is 79.8 Å². The molecule has 0 spiro atoms. The van der Waals surface area contributed by atoms with Crippen molar-refractivity contribution in [1.82, 2.24) is 9.80 Å². The molecular weight excluding hydrogens is 437 g/mol. The maximum atomic E-state index is 14.7. The highest BCUT2D eigenvalue weighted by Gasteiger charge is 2.30. The summed E-state index contributed by atoms with van der Waals surface area (Å²) in [5.74, 6) is -1.07. The van der Waals surface area contributed by atoms with Crippen molar-refractivity contribution in [2.75, 3.05) is 39.8 Å². The van der Waals surface area contributed by atoms with E-state index in [2.05, 4.69) is 22.0 Å². The van der Waals surface area contributed by atoms with Crippen LogP contribution < -0.4 is 5.73 Å². The van der Waals surface area contributed by atoms with Crippen molar-refractivity contribution in [3.63, 3.8) is 0 Å². The van der Waals surface area contributed by atoms with E-state index in [9.17, 15) is 18.9 Å². The average molecular weight is 472 g/mol. The average Bonchev–Trinajstić information content (AvgIpc) is 3.04. The molecule has 1 saturated heterocycles. The van der Waals surface area contributed by atoms with E-state index >= 15 is 0 Å². The van der Waals surface area contributed by atoms with E-state index in [-0.39, 0.29) is 28.6 Å². The fourth-order valence-corrected chi connectivity index (χ4v) is 4.89. The van der Waals surface area contributed by atoms with Crippen molar-refractivity contribution >= 4 is 23.2 Å². The first-order valence-corrected chi connectivity index (χ1v) is 11.9. The number of likely N-dealkylation sites (N-methyl/N-ethyl adjacent to an activating group) is 1. The highest BCUT2D eigenvalue weighted by Crippen LogP contribution is 2.31. The second-order valence-corrected chi connectivity index (χ2v) is 9.23. The van der Waals surface area contributed by atoms with Gasteiger partial charge in [-0.25, -0.2) is 4.39 Å². The van der Waals surface area contributed by atoms with Crippen LogP contribution in [0.25, 0.3) is 5.70 Å². The van der Waals surface area contributed by atoms with Gasteiger partial charge in [0.15, 0.2) is 0 Å². The van der Waals surface area contributed by atoms with E-state index in [1.807, 2.05) is 11.8 Å². The zero-order valence-electron chi connectivity index (χ0n) is 20.2. The zero-order valence-corrected chi connectivity index (χ0v) is 20.2. The molecule has 1 atom stereocenters. The second kappa shape index (κ2) is 11.5. The lowest BCUT2D eigenvalue weighted by molar-refractivity contribution is -0.135. The summed E-state index contributed by atoms with van der Waals surface area (Å²) >= 11 is 0. The number of carbonyl (C=O) groups is 2. The normalized spacial score (nSPS) is 22.1. The number of halogens is 1. The van der Waals surface area contributed by atoms with Crippen molar-refractivity contribution in [1.29, 1.82) is 0 Å². The molecule has 1 aliphatic carbocycles. The van der Waals surface area contributed by atoms with Gasteiger partial charge in [-0.3, -0.25) is 14.6 Å². The van der Waals surface area contributed by atoms with Gasteiger partial charge in [0.2, 0.25) is 5.91 Å². The molecule has 1 aromatic carbocycles. The third-order valence-electron chi connectivity index (χ3n) is 6.82. The molecule has 0 aromatic heterocycles. The predicted octanol–water partition coefficient (Wildman–Crippen LogP) is 3.46. The SMILES string of the molecule is CCN(CCN1CC(C)C1)C(=O)[C@H]1CCCC(=C(N)c2ccc(C(=O)N=O)cc2F)C(=NC)C1. The molecule has 1 saturated carbocycles. The summed E-state index contributed by atoms with van der Waals surface area (Å²) in [5, 5.41) is 2.33. The number of hydrogen-bond acceptors (Lipinski definition) is 6. The molecule has 2 fully saturated rings. The van der Waals surface area contributed by atoms with Crippen LogP contribution in [0.3, 0.4) is 0 Å². The maximum Gasteiger partial charge on any atom is 0.316 e. The predicted molar refractivity (Wildman–Crippen MR) is 131 cm³/mol. The number of nitroso groups, excluding NO2 is 1. The van der Waals surface area contributed by atoms with Crippen LogP contribution in [0.1, 0.15) is 55.5 Å². The zero-order chi connectivity index (χ0) is 24.8. The summed E-state index contributed by atoms with van der Waals surface area (Å²) in [5.41, 5.74) is 8.05. The third-order valence-corrected chi connectivity index (χ3v) is 6.82. The molecule has 9 heteroatoms. The molecular formula is C25H34FN5O3. The number of benzene rings is 1. The molecule has 3 rings (SSSR count). The molecule has 0 unspecified atom stereocenters. The fraction of sp³-hybridized carbons (Fsp3) is 0.560. The van der Waals surface area contributed by atoms with Crippen molar-refractivity contribution in [3.05, 3.63) is 45.6 Å². The Balaban J connectivity index is 1.76. The molecule has 1 aromatic rings. The van der Waals surface area contributed by atoms with Crippen LogP contribution in [-0.4, -0.2) is 67.1 Å². The van der Waals surface area contributed by atoms with Crippen LogP contribution >= 0.6 is 0 Å². The molecule has 0 radical (unpaired) electrons. The van der Waals surface area contributed by atoms with Gasteiger partial charge in [-0.05, 0) is 55.9 Å². The molecule has 8 nitrogen and oxygen atoms in total. The Morgan fingerprint density at radius 1 is 1.29 bits per heavy atom. The lowest BCUT2D eigenvalue weighted by atomic mass is 9.95. The van der Waals surface area contributed by atoms with Crippen LogP contribution in [-0.2, 0) is 4.79 Å². The molecule has 1 aliphatic heterocycles. The third kappa shape index (κ3) is 5.75. The Bertz CT molecular complexity index is 1000. The molecule has 0 bridgehead atoms. The Labute approximate surface area is 200 Å². The van der Waals surface area contributed by atoms with Gasteiger partial charge in [0.25, 0.3) is 0 Å². The molecule has 34 heavy (non-hydrogen) atoms. The van der Waals surface area contributed by atoms with Crippen LogP contribution in [0.4, 0.5) is 4.39 Å². The minimum absolute atomic E-state index is 0.127. The van der Waals surface area contributed by atoms with Gasteiger partial charge in [-0.1, -0.05) is 6.92 Å². The Kier molecular flexibility index (Phi) is 8.66. The fourth-order valence-electron chi connectivity index (χ4n) is 4.89. The summed E-state index contributed by atoms with van der Waals surface area (Å²) in [7, 11) is 1.66. The number of allylic oxidation sites excluding steroid dienone is 1. The first kappa shape index (κ1) is 25.7. The minimum atomic E-state index is -1.03. The van der Waals surface area contributed by atoms with Crippen molar-refractivity contribution < 1.29 is 14.0 Å². The summed E-state index contributed by atoms with van der Waals surface area (Å²) in [6.07, 6.45) is 2.48. The number of rotatable bonds is 7. The summed E-state index contributed by atoms with van der Waals surface area (Å²) in [6.45, 7) is 8.68. The minimum Gasteiger partial charge on any atom is -0.398 e. The molecule has 184 valence electrons. The molecule has 1 heterocycles. The monoisotopic (exact) mass is 471 g/mol. The standard InChI is InChI=1S/C25H34FN5O3/c1-4-31(11-10-30-14-16(2)15-30)25(33)18-6-5-7-20(22(13-18)28-3)23(27)19-9-8-17(12-21(19)26)24(32)29-34/h8-9,12,16,18H,4-7,10-11,13-15,27H2,1-3H3/t18-/m0/s1. The molecule has 2 amide bonds. The lowest BCUT2D eigenvalue weighted by Gasteiger charge is -2.38. The van der Waals surface area contributed by atoms with Gasteiger partial charge in [-0.2, -0.15) is 0 Å². The number of nitrogens with zero attached hydrogens (tertiary/aromatic N) is 4. The number of carbonyl (C=O) groups excluding carboxylic acids is 2. The number of likely N-dealkylation sites (tertiary alicyclic amines) is 1. The van der Waals surface area contributed by atoms with Crippen LogP contribution in [0.2, 0.25) is 0 Å². The number of aliphatic imine (C=N–C) groups is 1. The van der Waals surface area contributed by atoms with Gasteiger partial charge < -0.3 is 15.5 Å². The molecule has 2 N–H and O–H groups in total. The summed E-state index contributed by atoms with van der Waals surface area (Å²) < 4.78 is 14.7. The highest BCUT2D eigenvalue weighted by atomic mass is 19.1. The Morgan fingerprint density at radius 3 is 2.62 bits per heavy atom. The van der Waals surface area contributed by atoms with Gasteiger partial charge in [0.1, 0.15) is 5.82 Å². The van der Waals surface area contributed by atoms with Crippen LogP contribution in [0.15, 0.2) is 33.9 Å². The van der Waals surface area contributed by atoms with Crippen molar-refractivity contribution in [3.8, 4) is 0 Å². The topological polar surface area (TPSA) is 108 Å². The molecule has 2 aliphatic rings. The van der Waals surface area contributed by atoms with Crippen molar-refractivity contribution in [2.45, 2.75) is 39.5 Å². The summed E-state index contributed by atoms with van der Waals surface area (Å²) in [6, 6.07) is 3.68. The number of hydrogen-bond donors (Lipinski definition) is 1. The maximum absolute atomic E-state index is 14.7. The first-order chi connectivity index (χ1) is 16.3. The number of amides is 2. The van der Waals surface area contributed by atoms with Gasteiger partial charge in [0.05, 0.1) is 0 Å². The Hall–Kier alpha value is -2.94. The van der Waals surface area contributed by atoms with Crippen LogP contribution in [0.5, 0.6) is 0 Å². The smallest absolute Gasteiger partial charge is 0.316 e. The highest BCUT2D eigenvalue weighted by molar-refractivity contribution is 6.07. The van der Waals surface area contributed by atoms with E-state index < -0.39 is 11.7 Å². The summed E-state index contributed by atoms with van der Waals surface area (Å²) in [4.78, 5) is 43.9. The largest absolute Gasteiger partial charge is 0.398 e. The van der Waals surface area contributed by atoms with E-state index in [1.165, 1.54) is 12.1 Å². The first-order valence-electron chi connectivity index (χ1n) is 11.9. The van der Waals surface area contributed by atoms with E-state index in [1.54, 1.807) is 7.05 Å². The van der Waals surface area contributed by atoms with E-state index in [4.69, 9.17) is 5.73 Å². The van der Waals surface area contributed by atoms with E-state index in [0.717, 1.165) is 43.6 Å². The van der Waals surface area contributed by atoms with Crippen molar-refractivity contribution in [2.24, 2.45) is 27.7 Å². The van der Waals surface area contributed by atoms with Gasteiger partial charge in [-0.15, -0.1) is 4.91 Å². The van der Waals surface area contributed by atoms with Gasteiger partial charge >= 0.3 is 5.91 Å². The van der Waals surface area contributed by atoms with E-state index in [0.29, 0.717) is 38.1 Å². The van der Waals surface area contributed by atoms with Crippen LogP contribution in [0, 0.1) is 22.6 Å². The lowest BCUT2D eigenvalue weighted by Crippen LogP contribution is -2.49. The Morgan fingerprint density at radius 2 is 2.03 bits per heavy atom. The quantitative estimate of drug-likeness (QED) is 0.484. The number of nitrogens with two attached hydrogens (primary N) is 1.